The average Bonchev–Trinajstić information content (AvgIpc) is 3.16. The van der Waals surface area contributed by atoms with Crippen molar-refractivity contribution in [3.05, 3.63) is 36.4 Å². The van der Waals surface area contributed by atoms with E-state index in [1.165, 1.54) is 12.1 Å². The van der Waals surface area contributed by atoms with Gasteiger partial charge in [0.25, 0.3) is 0 Å². The number of halogens is 3. The fraction of sp³-hybridized carbons (Fsp3) is 0.450. The maximum absolute atomic E-state index is 13.1. The summed E-state index contributed by atoms with van der Waals surface area (Å²) in [5, 5.41) is 0.940. The predicted octanol–water partition coefficient (Wildman–Crippen LogP) is 5.89. The molecule has 1 aliphatic rings. The van der Waals surface area contributed by atoms with Gasteiger partial charge >= 0.3 is 21.8 Å². The minimum absolute atomic E-state index is 0.173. The number of carbonyl (C=O) groups is 1. The van der Waals surface area contributed by atoms with Gasteiger partial charge in [-0.2, -0.15) is 21.6 Å². The Kier molecular flexibility index (Phi) is 7.07. The monoisotopic (exact) mass is 480 g/mol. The number of rotatable bonds is 7. The molecule has 2 aromatic carbocycles. The molecule has 0 spiro atoms. The molecule has 3 rings (SSSR count). The first kappa shape index (κ1) is 23.7. The molecule has 1 saturated heterocycles. The summed E-state index contributed by atoms with van der Waals surface area (Å²) in [7, 11) is -8.52. The fourth-order valence-corrected chi connectivity index (χ4v) is 8.78. The van der Waals surface area contributed by atoms with Crippen molar-refractivity contribution < 1.29 is 39.5 Å². The van der Waals surface area contributed by atoms with Gasteiger partial charge in [0.15, 0.2) is 0 Å². The first-order valence-corrected chi connectivity index (χ1v) is 13.1. The first-order chi connectivity index (χ1) is 14.6. The minimum Gasteiger partial charge on any atom is -0.434 e. The third-order valence-electron chi connectivity index (χ3n) is 4.86. The number of hydrogen-bond donors (Lipinski definition) is 0. The van der Waals surface area contributed by atoms with Crippen LogP contribution >= 0.6 is 10.3 Å². The highest BCUT2D eigenvalue weighted by molar-refractivity contribution is 8.33. The fourth-order valence-electron chi connectivity index (χ4n) is 3.38. The molecular weight excluding hydrogens is 457 g/mol. The van der Waals surface area contributed by atoms with E-state index in [1.807, 2.05) is 6.92 Å². The van der Waals surface area contributed by atoms with Gasteiger partial charge in [-0.25, -0.2) is 8.42 Å². The van der Waals surface area contributed by atoms with Crippen molar-refractivity contribution in [3.8, 4) is 5.75 Å². The van der Waals surface area contributed by atoms with Crippen LogP contribution in [0.2, 0.25) is 0 Å². The van der Waals surface area contributed by atoms with Gasteiger partial charge in [0.05, 0.1) is 6.61 Å². The van der Waals surface area contributed by atoms with Crippen LogP contribution in [-0.2, 0) is 18.5 Å². The Labute approximate surface area is 180 Å². The molecule has 0 unspecified atom stereocenters. The number of hydrogen-bond acceptors (Lipinski definition) is 6. The van der Waals surface area contributed by atoms with Gasteiger partial charge in [-0.1, -0.05) is 47.9 Å². The average molecular weight is 481 g/mol. The summed E-state index contributed by atoms with van der Waals surface area (Å²) in [4.78, 5) is 12.4. The van der Waals surface area contributed by atoms with Crippen molar-refractivity contribution in [2.24, 2.45) is 0 Å². The molecule has 0 bridgehead atoms. The highest BCUT2D eigenvalue weighted by atomic mass is 32.3. The Morgan fingerprint density at radius 3 is 2.32 bits per heavy atom. The number of fused-ring (bicyclic) bond motifs is 1. The van der Waals surface area contributed by atoms with Crippen LogP contribution in [0, 0.1) is 0 Å². The normalized spacial score (nSPS) is 17.4. The number of benzene rings is 2. The number of unbranched alkanes of at least 4 members (excludes halogenated alkanes) is 1. The van der Waals surface area contributed by atoms with E-state index >= 15 is 0 Å². The van der Waals surface area contributed by atoms with Crippen molar-refractivity contribution in [3.63, 3.8) is 0 Å². The molecule has 0 atom stereocenters. The second-order valence-electron chi connectivity index (χ2n) is 7.06. The van der Waals surface area contributed by atoms with E-state index in [0.717, 1.165) is 6.42 Å². The van der Waals surface area contributed by atoms with Crippen LogP contribution < -0.4 is 4.74 Å². The van der Waals surface area contributed by atoms with Gasteiger partial charge in [-0.3, -0.25) is 0 Å². The summed E-state index contributed by atoms with van der Waals surface area (Å²) in [6, 6.07) is 9.59. The summed E-state index contributed by atoms with van der Waals surface area (Å²) in [6.45, 7) is 2.16. The predicted molar refractivity (Wildman–Crippen MR) is 112 cm³/mol. The van der Waals surface area contributed by atoms with Gasteiger partial charge in [-0.05, 0) is 36.8 Å². The van der Waals surface area contributed by atoms with Crippen molar-refractivity contribution in [2.75, 3.05) is 18.1 Å². The summed E-state index contributed by atoms with van der Waals surface area (Å²) in [5.74, 6) is 0.573. The van der Waals surface area contributed by atoms with Crippen LogP contribution in [-0.4, -0.2) is 38.2 Å². The van der Waals surface area contributed by atoms with Crippen LogP contribution in [0.4, 0.5) is 18.0 Å². The molecule has 0 radical (unpaired) electrons. The van der Waals surface area contributed by atoms with Crippen LogP contribution in [0.1, 0.15) is 32.6 Å². The molecule has 1 heterocycles. The van der Waals surface area contributed by atoms with Crippen LogP contribution in [0.15, 0.2) is 41.3 Å². The summed E-state index contributed by atoms with van der Waals surface area (Å²) in [6.07, 6.45) is 1.76. The number of ether oxygens (including phenoxy) is 2. The highest BCUT2D eigenvalue weighted by Gasteiger charge is 2.52. The van der Waals surface area contributed by atoms with Crippen molar-refractivity contribution >= 4 is 37.4 Å². The van der Waals surface area contributed by atoms with Crippen LogP contribution in [0.3, 0.4) is 0 Å². The molecule has 0 amide bonds. The lowest BCUT2D eigenvalue weighted by Gasteiger charge is -2.35. The zero-order valence-corrected chi connectivity index (χ0v) is 18.4. The first-order valence-electron chi connectivity index (χ1n) is 9.77. The molecule has 6 nitrogen and oxygen atoms in total. The zero-order valence-electron chi connectivity index (χ0n) is 16.8. The number of alkyl halides is 3. The highest BCUT2D eigenvalue weighted by Crippen LogP contribution is 2.65. The second-order valence-corrected chi connectivity index (χ2v) is 11.9. The van der Waals surface area contributed by atoms with E-state index in [4.69, 9.17) is 13.1 Å². The molecule has 0 saturated carbocycles. The minimum atomic E-state index is -5.77. The maximum Gasteiger partial charge on any atom is 0.523 e. The Hall–Kier alpha value is -1.98. The van der Waals surface area contributed by atoms with Crippen LogP contribution in [0.25, 0.3) is 10.8 Å². The molecule has 1 aliphatic heterocycles. The van der Waals surface area contributed by atoms with Crippen molar-refractivity contribution in [1.29, 1.82) is 0 Å². The molecule has 2 aromatic rings. The summed E-state index contributed by atoms with van der Waals surface area (Å²) in [5.41, 5.74) is -5.50. The van der Waals surface area contributed by atoms with Gasteiger partial charge in [0, 0.05) is 21.8 Å². The van der Waals surface area contributed by atoms with E-state index in [0.29, 0.717) is 34.9 Å². The molecule has 11 heteroatoms. The quantitative estimate of drug-likeness (QED) is 0.213. The lowest BCUT2D eigenvalue weighted by Crippen LogP contribution is -2.27. The third kappa shape index (κ3) is 5.09. The van der Waals surface area contributed by atoms with E-state index in [-0.39, 0.29) is 23.9 Å². The van der Waals surface area contributed by atoms with Gasteiger partial charge < -0.3 is 9.47 Å². The number of carbonyl (C=O) groups excluding carboxylic acids is 1. The molecular formula is C20H23F3O6S2. The molecule has 0 aromatic heterocycles. The second kappa shape index (κ2) is 9.25. The summed E-state index contributed by atoms with van der Waals surface area (Å²) < 4.78 is 78.1. The van der Waals surface area contributed by atoms with Gasteiger partial charge in [0.2, 0.25) is 0 Å². The van der Waals surface area contributed by atoms with E-state index in [9.17, 15) is 26.4 Å². The van der Waals surface area contributed by atoms with Gasteiger partial charge in [0.1, 0.15) is 5.75 Å². The largest absolute Gasteiger partial charge is 0.523 e. The molecule has 172 valence electrons. The van der Waals surface area contributed by atoms with E-state index in [1.54, 1.807) is 24.3 Å². The smallest absolute Gasteiger partial charge is 0.434 e. The topological polar surface area (TPSA) is 78.9 Å². The standard InChI is InChI=1S/C20H23F3O6S2/c1-2-3-12-27-19(24)28-17-10-11-18(16-9-5-4-8-15(16)17)30(13-6-7-14-30)29-31(25,26)20(21,22)23/h4-5,8-11H,2-3,6-7,12-14H2,1H3. The lowest BCUT2D eigenvalue weighted by atomic mass is 10.1. The van der Waals surface area contributed by atoms with Crippen LogP contribution in [0.5, 0.6) is 5.75 Å². The Balaban J connectivity index is 2.01. The van der Waals surface area contributed by atoms with Crippen molar-refractivity contribution in [1.82, 2.24) is 0 Å². The molecule has 0 aliphatic carbocycles. The zero-order chi connectivity index (χ0) is 22.7. The Morgan fingerprint density at radius 2 is 1.71 bits per heavy atom. The van der Waals surface area contributed by atoms with Gasteiger partial charge in [-0.15, -0.1) is 0 Å². The van der Waals surface area contributed by atoms with E-state index in [2.05, 4.69) is 0 Å². The molecule has 31 heavy (non-hydrogen) atoms. The van der Waals surface area contributed by atoms with E-state index < -0.39 is 32.1 Å². The molecule has 1 fully saturated rings. The third-order valence-corrected chi connectivity index (χ3v) is 10.2. The molecule has 0 N–H and O–H groups in total. The van der Waals surface area contributed by atoms with Crippen molar-refractivity contribution in [2.45, 2.75) is 43.0 Å². The Morgan fingerprint density at radius 1 is 1.06 bits per heavy atom. The SMILES string of the molecule is CCCCOC(=O)Oc1ccc(S2(OS(=O)(=O)C(F)(F)F)CCCC2)c2ccccc12. The summed E-state index contributed by atoms with van der Waals surface area (Å²) >= 11 is 0. The Bertz CT molecular complexity index is 1050. The lowest BCUT2D eigenvalue weighted by molar-refractivity contribution is -0.0496. The maximum atomic E-state index is 13.1.